The molecular formula is C27H32N4O. The molecule has 5 heteroatoms. The lowest BCUT2D eigenvalue weighted by Crippen LogP contribution is -2.44. The molecule has 5 nitrogen and oxygen atoms in total. The Bertz CT molecular complexity index is 1050. The molecule has 1 aliphatic rings. The topological polar surface area (TPSA) is 40.1 Å². The maximum absolute atomic E-state index is 6.30. The molecule has 4 rings (SSSR count). The number of hydrazone groups is 1. The number of rotatable bonds is 6. The summed E-state index contributed by atoms with van der Waals surface area (Å²) >= 11 is 0. The number of hydrogen-bond acceptors (Lipinski definition) is 5. The standard InChI is InChI=1S/C27H32N4O/c1-26(2,3)20-27(4,5)32-24-18-16-21(17-19-24)25-28-30(22-12-8-6-9-13-22)31(29-25)23-14-10-7-11-15-23/h6-19H,20H2,1-5H3,(H,28,29). The van der Waals surface area contributed by atoms with Crippen LogP contribution in [0.5, 0.6) is 5.75 Å². The number of anilines is 2. The summed E-state index contributed by atoms with van der Waals surface area (Å²) in [7, 11) is 0. The number of ether oxygens (including phenoxy) is 1. The van der Waals surface area contributed by atoms with E-state index in [1.807, 2.05) is 83.0 Å². The molecule has 0 aromatic heterocycles. The van der Waals surface area contributed by atoms with Gasteiger partial charge in [0.25, 0.3) is 0 Å². The molecular weight excluding hydrogens is 396 g/mol. The maximum Gasteiger partial charge on any atom is 0.176 e. The van der Waals surface area contributed by atoms with Crippen LogP contribution in [0, 0.1) is 5.41 Å². The molecule has 0 saturated heterocycles. The van der Waals surface area contributed by atoms with Gasteiger partial charge in [0.05, 0.1) is 11.4 Å². The fourth-order valence-electron chi connectivity index (χ4n) is 4.22. The van der Waals surface area contributed by atoms with Gasteiger partial charge in [0.1, 0.15) is 11.4 Å². The average Bonchev–Trinajstić information content (AvgIpc) is 3.19. The van der Waals surface area contributed by atoms with E-state index in [0.29, 0.717) is 0 Å². The van der Waals surface area contributed by atoms with Crippen molar-refractivity contribution in [1.29, 1.82) is 0 Å². The number of para-hydroxylation sites is 2. The number of nitrogens with zero attached hydrogens (tertiary/aromatic N) is 3. The first kappa shape index (κ1) is 21.8. The Morgan fingerprint density at radius 3 is 1.88 bits per heavy atom. The van der Waals surface area contributed by atoms with Gasteiger partial charge in [-0.05, 0) is 74.2 Å². The van der Waals surface area contributed by atoms with Crippen LogP contribution in [0.4, 0.5) is 11.4 Å². The van der Waals surface area contributed by atoms with Gasteiger partial charge >= 0.3 is 0 Å². The van der Waals surface area contributed by atoms with Gasteiger partial charge in [0.2, 0.25) is 0 Å². The lowest BCUT2D eigenvalue weighted by molar-refractivity contribution is 0.0622. The highest BCUT2D eigenvalue weighted by molar-refractivity contribution is 6.02. The maximum atomic E-state index is 6.30. The average molecular weight is 429 g/mol. The summed E-state index contributed by atoms with van der Waals surface area (Å²) in [5, 5.41) is 8.69. The Balaban J connectivity index is 1.56. The Kier molecular flexibility index (Phi) is 5.83. The summed E-state index contributed by atoms with van der Waals surface area (Å²) in [6.45, 7) is 11.0. The number of benzene rings is 3. The van der Waals surface area contributed by atoms with Crippen LogP contribution in [0.15, 0.2) is 90.0 Å². The molecule has 0 saturated carbocycles. The van der Waals surface area contributed by atoms with E-state index in [1.165, 1.54) is 0 Å². The second kappa shape index (κ2) is 8.58. The van der Waals surface area contributed by atoms with Gasteiger partial charge in [-0.1, -0.05) is 57.2 Å². The van der Waals surface area contributed by atoms with Crippen LogP contribution in [0.25, 0.3) is 0 Å². The highest BCUT2D eigenvalue weighted by Crippen LogP contribution is 2.31. The summed E-state index contributed by atoms with van der Waals surface area (Å²) in [5.41, 5.74) is 6.37. The SMILES string of the molecule is CC(C)(C)CC(C)(C)Oc1ccc(C2=NN(c3ccccc3)N(c3ccccc3)N2)cc1. The van der Waals surface area contributed by atoms with E-state index in [9.17, 15) is 0 Å². The molecule has 0 atom stereocenters. The first-order valence-electron chi connectivity index (χ1n) is 11.1. The van der Waals surface area contributed by atoms with Crippen molar-refractivity contribution in [1.82, 2.24) is 5.43 Å². The monoisotopic (exact) mass is 428 g/mol. The van der Waals surface area contributed by atoms with Crippen molar-refractivity contribution in [3.8, 4) is 5.75 Å². The minimum atomic E-state index is -0.239. The van der Waals surface area contributed by atoms with Gasteiger partial charge < -0.3 is 4.74 Å². The van der Waals surface area contributed by atoms with Crippen molar-refractivity contribution < 1.29 is 4.74 Å². The molecule has 1 heterocycles. The zero-order chi connectivity index (χ0) is 22.8. The summed E-state index contributed by atoms with van der Waals surface area (Å²) in [5.74, 6) is 1.64. The van der Waals surface area contributed by atoms with Crippen molar-refractivity contribution in [3.63, 3.8) is 0 Å². The zero-order valence-corrected chi connectivity index (χ0v) is 19.5. The van der Waals surface area contributed by atoms with Gasteiger partial charge in [-0.15, -0.1) is 5.10 Å². The van der Waals surface area contributed by atoms with E-state index < -0.39 is 0 Å². The van der Waals surface area contributed by atoms with E-state index in [0.717, 1.165) is 34.9 Å². The molecule has 0 aliphatic carbocycles. The predicted octanol–water partition coefficient (Wildman–Crippen LogP) is 6.39. The van der Waals surface area contributed by atoms with Crippen LogP contribution in [-0.2, 0) is 0 Å². The molecule has 0 radical (unpaired) electrons. The number of hydrogen-bond donors (Lipinski definition) is 1. The molecule has 3 aromatic rings. The third kappa shape index (κ3) is 5.22. The third-order valence-corrected chi connectivity index (χ3v) is 5.06. The Hall–Kier alpha value is -3.47. The predicted molar refractivity (Wildman–Crippen MR) is 133 cm³/mol. The van der Waals surface area contributed by atoms with Crippen LogP contribution in [0.2, 0.25) is 0 Å². The number of amidine groups is 1. The van der Waals surface area contributed by atoms with Gasteiger partial charge in [-0.25, -0.2) is 0 Å². The second-order valence-electron chi connectivity index (χ2n) is 9.96. The molecule has 1 aliphatic heterocycles. The Morgan fingerprint density at radius 2 is 1.31 bits per heavy atom. The zero-order valence-electron chi connectivity index (χ0n) is 19.5. The summed E-state index contributed by atoms with van der Waals surface area (Å²) in [6.07, 6.45) is 0.966. The van der Waals surface area contributed by atoms with Gasteiger partial charge in [-0.2, -0.15) is 10.2 Å². The largest absolute Gasteiger partial charge is 0.488 e. The lowest BCUT2D eigenvalue weighted by Gasteiger charge is -2.33. The first-order chi connectivity index (χ1) is 15.2. The van der Waals surface area contributed by atoms with E-state index >= 15 is 0 Å². The highest BCUT2D eigenvalue weighted by atomic mass is 16.5. The van der Waals surface area contributed by atoms with E-state index in [2.05, 4.69) is 52.2 Å². The van der Waals surface area contributed by atoms with E-state index in [4.69, 9.17) is 9.84 Å². The van der Waals surface area contributed by atoms with Crippen molar-refractivity contribution >= 4 is 17.2 Å². The quantitative estimate of drug-likeness (QED) is 0.494. The van der Waals surface area contributed by atoms with E-state index in [-0.39, 0.29) is 11.0 Å². The molecule has 0 amide bonds. The molecule has 1 N–H and O–H groups in total. The minimum Gasteiger partial charge on any atom is -0.488 e. The number of nitrogens with one attached hydrogen (secondary N) is 1. The van der Waals surface area contributed by atoms with Gasteiger partial charge in [0, 0.05) is 5.56 Å². The molecule has 0 unspecified atom stereocenters. The minimum absolute atomic E-state index is 0.202. The van der Waals surface area contributed by atoms with E-state index in [1.54, 1.807) is 0 Å². The molecule has 166 valence electrons. The van der Waals surface area contributed by atoms with Crippen molar-refractivity contribution in [2.24, 2.45) is 10.5 Å². The van der Waals surface area contributed by atoms with Gasteiger partial charge in [-0.3, -0.25) is 5.43 Å². The third-order valence-electron chi connectivity index (χ3n) is 5.06. The summed E-state index contributed by atoms with van der Waals surface area (Å²) in [6, 6.07) is 28.4. The molecule has 0 bridgehead atoms. The molecule has 0 spiro atoms. The van der Waals surface area contributed by atoms with Crippen LogP contribution < -0.4 is 20.4 Å². The van der Waals surface area contributed by atoms with Crippen LogP contribution in [0.1, 0.15) is 46.6 Å². The molecule has 3 aromatic carbocycles. The van der Waals surface area contributed by atoms with Crippen molar-refractivity contribution in [2.45, 2.75) is 46.6 Å². The highest BCUT2D eigenvalue weighted by Gasteiger charge is 2.28. The van der Waals surface area contributed by atoms with Crippen molar-refractivity contribution in [2.75, 3.05) is 10.2 Å². The smallest absolute Gasteiger partial charge is 0.176 e. The molecule has 32 heavy (non-hydrogen) atoms. The van der Waals surface area contributed by atoms with Crippen LogP contribution >= 0.6 is 0 Å². The summed E-state index contributed by atoms with van der Waals surface area (Å²) < 4.78 is 6.30. The second-order valence-corrected chi connectivity index (χ2v) is 9.96. The van der Waals surface area contributed by atoms with Crippen LogP contribution in [-0.4, -0.2) is 11.4 Å². The van der Waals surface area contributed by atoms with Crippen molar-refractivity contribution in [3.05, 3.63) is 90.5 Å². The fraction of sp³-hybridized carbons (Fsp3) is 0.296. The molecule has 0 fully saturated rings. The number of hydrazine groups is 2. The summed E-state index contributed by atoms with van der Waals surface area (Å²) in [4.78, 5) is 0. The Morgan fingerprint density at radius 1 is 0.750 bits per heavy atom. The lowest BCUT2D eigenvalue weighted by atomic mass is 9.83. The fourth-order valence-corrected chi connectivity index (χ4v) is 4.22. The van der Waals surface area contributed by atoms with Crippen LogP contribution in [0.3, 0.4) is 0 Å². The normalized spacial score (nSPS) is 14.2. The Labute approximate surface area is 191 Å². The van der Waals surface area contributed by atoms with Gasteiger partial charge in [0.15, 0.2) is 5.84 Å². The first-order valence-corrected chi connectivity index (χ1v) is 11.1.